The van der Waals surface area contributed by atoms with Crippen LogP contribution in [0.3, 0.4) is 0 Å². The maximum atomic E-state index is 12.8. The number of benzene rings is 2. The van der Waals surface area contributed by atoms with E-state index in [4.69, 9.17) is 9.84 Å². The van der Waals surface area contributed by atoms with E-state index in [0.29, 0.717) is 44.5 Å². The van der Waals surface area contributed by atoms with Gasteiger partial charge < -0.3 is 14.7 Å². The normalized spacial score (nSPS) is 21.8. The molecule has 1 saturated carbocycles. The second-order valence-electron chi connectivity index (χ2n) is 9.28. The monoisotopic (exact) mass is 473 g/mol. The zero-order chi connectivity index (χ0) is 24.3. The highest BCUT2D eigenvalue weighted by Crippen LogP contribution is 2.38. The zero-order valence-corrected chi connectivity index (χ0v) is 19.1. The van der Waals surface area contributed by atoms with Crippen LogP contribution in [0, 0.1) is 11.8 Å². The molecule has 4 nitrogen and oxygen atoms in total. The van der Waals surface area contributed by atoms with E-state index in [-0.39, 0.29) is 24.9 Å². The fourth-order valence-electron chi connectivity index (χ4n) is 4.86. The molecule has 0 bridgehead atoms. The number of alkyl halides is 3. The summed E-state index contributed by atoms with van der Waals surface area (Å²) in [5, 5.41) is 9.17. The van der Waals surface area contributed by atoms with E-state index in [1.54, 1.807) is 0 Å². The first-order chi connectivity index (χ1) is 16.2. The van der Waals surface area contributed by atoms with Crippen LogP contribution in [0.5, 0.6) is 5.75 Å². The molecule has 0 atom stereocenters. The van der Waals surface area contributed by atoms with Crippen molar-refractivity contribution in [3.05, 3.63) is 60.7 Å². The van der Waals surface area contributed by atoms with E-state index >= 15 is 0 Å². The minimum Gasteiger partial charge on any atom is -0.490 e. The van der Waals surface area contributed by atoms with E-state index in [9.17, 15) is 18.0 Å². The molecule has 4 rings (SSSR count). The lowest BCUT2D eigenvalue weighted by molar-refractivity contribution is -0.185. The molecule has 0 spiro atoms. The van der Waals surface area contributed by atoms with E-state index in [0.717, 1.165) is 22.4 Å². The topological polar surface area (TPSA) is 49.8 Å². The first kappa shape index (κ1) is 24.2. The van der Waals surface area contributed by atoms with Gasteiger partial charge in [0.1, 0.15) is 5.75 Å². The van der Waals surface area contributed by atoms with Crippen LogP contribution in [-0.4, -0.2) is 41.3 Å². The summed E-state index contributed by atoms with van der Waals surface area (Å²) in [6.45, 7) is 5.59. The Morgan fingerprint density at radius 2 is 1.41 bits per heavy atom. The predicted octanol–water partition coefficient (Wildman–Crippen LogP) is 6.62. The maximum Gasteiger partial charge on any atom is 0.391 e. The summed E-state index contributed by atoms with van der Waals surface area (Å²) in [4.78, 5) is 13.3. The summed E-state index contributed by atoms with van der Waals surface area (Å²) in [5.41, 5.74) is 3.97. The third-order valence-corrected chi connectivity index (χ3v) is 7.07. The number of rotatable bonds is 6. The van der Waals surface area contributed by atoms with E-state index < -0.39 is 18.1 Å². The Bertz CT molecular complexity index is 985. The SMILES string of the molecule is C=C(c1ccc(-c2ccc(OC3CCC(C(F)(F)F)CC3)cc2)cc1)N1CCC(C(=O)O)CC1. The molecule has 2 fully saturated rings. The second-order valence-corrected chi connectivity index (χ2v) is 9.28. The minimum absolute atomic E-state index is 0.126. The molecule has 1 N–H and O–H groups in total. The van der Waals surface area contributed by atoms with Crippen molar-refractivity contribution in [1.82, 2.24) is 4.90 Å². The van der Waals surface area contributed by atoms with Gasteiger partial charge in [-0.3, -0.25) is 4.79 Å². The molecule has 0 radical (unpaired) electrons. The Labute approximate surface area is 198 Å². The molecule has 2 aliphatic rings. The number of halogens is 3. The zero-order valence-electron chi connectivity index (χ0n) is 19.1. The fraction of sp³-hybridized carbons (Fsp3) is 0.444. The van der Waals surface area contributed by atoms with Gasteiger partial charge >= 0.3 is 12.1 Å². The standard InChI is InChI=1S/C27H30F3NO3/c1-18(31-16-14-22(15-17-31)26(32)33)19-2-4-20(5-3-19)21-6-10-24(11-7-21)34-25-12-8-23(9-13-25)27(28,29)30/h2-7,10-11,22-23,25H,1,8-9,12-17H2,(H,32,33). The number of hydrogen-bond donors (Lipinski definition) is 1. The third kappa shape index (κ3) is 5.75. The molecule has 182 valence electrons. The molecule has 0 amide bonds. The summed E-state index contributed by atoms with van der Waals surface area (Å²) in [7, 11) is 0. The van der Waals surface area contributed by atoms with Crippen LogP contribution in [0.25, 0.3) is 16.8 Å². The van der Waals surface area contributed by atoms with Crippen molar-refractivity contribution < 1.29 is 27.8 Å². The number of ether oxygens (including phenoxy) is 1. The second kappa shape index (κ2) is 10.1. The number of aliphatic carboxylic acids is 1. The van der Waals surface area contributed by atoms with Crippen LogP contribution in [0.4, 0.5) is 13.2 Å². The van der Waals surface area contributed by atoms with Crippen molar-refractivity contribution in [2.45, 2.75) is 50.8 Å². The number of carboxylic acid groups (broad SMARTS) is 1. The highest BCUT2D eigenvalue weighted by Gasteiger charge is 2.41. The summed E-state index contributed by atoms with van der Waals surface area (Å²) in [6.07, 6.45) is -1.92. The Kier molecular flexibility index (Phi) is 7.19. The van der Waals surface area contributed by atoms with Crippen molar-refractivity contribution in [2.24, 2.45) is 11.8 Å². The molecule has 1 heterocycles. The molecule has 34 heavy (non-hydrogen) atoms. The first-order valence-electron chi connectivity index (χ1n) is 11.8. The van der Waals surface area contributed by atoms with Gasteiger partial charge in [0.05, 0.1) is 17.9 Å². The van der Waals surface area contributed by atoms with E-state index in [1.807, 2.05) is 48.5 Å². The highest BCUT2D eigenvalue weighted by molar-refractivity contribution is 5.71. The number of nitrogens with zero attached hydrogens (tertiary/aromatic N) is 1. The van der Waals surface area contributed by atoms with Gasteiger partial charge in [0.15, 0.2) is 0 Å². The molecule has 0 aromatic heterocycles. The van der Waals surface area contributed by atoms with Crippen molar-refractivity contribution >= 4 is 11.7 Å². The van der Waals surface area contributed by atoms with Crippen LogP contribution in [-0.2, 0) is 4.79 Å². The molecular weight excluding hydrogens is 443 g/mol. The van der Waals surface area contributed by atoms with Gasteiger partial charge in [-0.05, 0) is 67.3 Å². The van der Waals surface area contributed by atoms with Crippen molar-refractivity contribution in [3.8, 4) is 16.9 Å². The molecule has 1 saturated heterocycles. The van der Waals surface area contributed by atoms with Gasteiger partial charge in [0.2, 0.25) is 0 Å². The lowest BCUT2D eigenvalue weighted by Crippen LogP contribution is -2.34. The van der Waals surface area contributed by atoms with Crippen LogP contribution in [0.1, 0.15) is 44.1 Å². The Morgan fingerprint density at radius 3 is 1.91 bits per heavy atom. The predicted molar refractivity (Wildman–Crippen MR) is 125 cm³/mol. The molecule has 1 aliphatic heterocycles. The van der Waals surface area contributed by atoms with Gasteiger partial charge in [0, 0.05) is 18.8 Å². The number of carbonyl (C=O) groups is 1. The molecular formula is C27H30F3NO3. The van der Waals surface area contributed by atoms with Gasteiger partial charge in [-0.1, -0.05) is 43.0 Å². The molecule has 1 aliphatic carbocycles. The number of likely N-dealkylation sites (tertiary alicyclic amines) is 1. The Morgan fingerprint density at radius 1 is 0.882 bits per heavy atom. The highest BCUT2D eigenvalue weighted by atomic mass is 19.4. The van der Waals surface area contributed by atoms with Crippen molar-refractivity contribution in [1.29, 1.82) is 0 Å². The third-order valence-electron chi connectivity index (χ3n) is 7.07. The summed E-state index contributed by atoms with van der Waals surface area (Å²) in [6, 6.07) is 15.7. The van der Waals surface area contributed by atoms with Crippen molar-refractivity contribution in [2.75, 3.05) is 13.1 Å². The number of carboxylic acids is 1. The molecule has 7 heteroatoms. The van der Waals surface area contributed by atoms with Crippen LogP contribution in [0.15, 0.2) is 55.1 Å². The minimum atomic E-state index is -4.11. The first-order valence-corrected chi connectivity index (χ1v) is 11.8. The average Bonchev–Trinajstić information content (AvgIpc) is 2.84. The lowest BCUT2D eigenvalue weighted by Gasteiger charge is -2.33. The molecule has 2 aromatic carbocycles. The largest absolute Gasteiger partial charge is 0.490 e. The van der Waals surface area contributed by atoms with Crippen LogP contribution < -0.4 is 4.74 Å². The smallest absolute Gasteiger partial charge is 0.391 e. The van der Waals surface area contributed by atoms with Gasteiger partial charge in [-0.2, -0.15) is 13.2 Å². The maximum absolute atomic E-state index is 12.8. The van der Waals surface area contributed by atoms with E-state index in [2.05, 4.69) is 11.5 Å². The Hall–Kier alpha value is -2.96. The van der Waals surface area contributed by atoms with Gasteiger partial charge in [0.25, 0.3) is 0 Å². The molecule has 2 aromatic rings. The Balaban J connectivity index is 1.31. The van der Waals surface area contributed by atoms with E-state index in [1.165, 1.54) is 0 Å². The lowest BCUT2D eigenvalue weighted by atomic mass is 9.87. The van der Waals surface area contributed by atoms with Crippen molar-refractivity contribution in [3.63, 3.8) is 0 Å². The average molecular weight is 474 g/mol. The number of piperidine rings is 1. The quantitative estimate of drug-likeness (QED) is 0.512. The van der Waals surface area contributed by atoms with Crippen LogP contribution >= 0.6 is 0 Å². The fourth-order valence-corrected chi connectivity index (χ4v) is 4.86. The number of hydrogen-bond acceptors (Lipinski definition) is 3. The van der Waals surface area contributed by atoms with Gasteiger partial charge in [-0.25, -0.2) is 0 Å². The molecule has 0 unspecified atom stereocenters. The van der Waals surface area contributed by atoms with Gasteiger partial charge in [-0.15, -0.1) is 0 Å². The summed E-state index contributed by atoms with van der Waals surface area (Å²) >= 11 is 0. The summed E-state index contributed by atoms with van der Waals surface area (Å²) in [5.74, 6) is -1.52. The summed E-state index contributed by atoms with van der Waals surface area (Å²) < 4.78 is 44.4. The van der Waals surface area contributed by atoms with Crippen LogP contribution in [0.2, 0.25) is 0 Å².